The van der Waals surface area contributed by atoms with Crippen molar-refractivity contribution in [2.75, 3.05) is 19.0 Å². The van der Waals surface area contributed by atoms with Crippen molar-refractivity contribution in [2.45, 2.75) is 57.5 Å². The smallest absolute Gasteiger partial charge is 0.257 e. The molecule has 3 heterocycles. The van der Waals surface area contributed by atoms with E-state index >= 15 is 8.78 Å². The Kier molecular flexibility index (Phi) is 6.21. The quantitative estimate of drug-likeness (QED) is 0.690. The molecule has 0 N–H and O–H groups in total. The zero-order valence-electron chi connectivity index (χ0n) is 18.2. The van der Waals surface area contributed by atoms with Crippen LogP contribution in [0.5, 0.6) is 0 Å². The SMILES string of the molecule is Cc1ccn(C(=O)C2(c3cc(F)c(CN4[C@@H](C)CCCS4(=O)=O)cc3F)CCOCC2)n1. The van der Waals surface area contributed by atoms with Gasteiger partial charge in [0.15, 0.2) is 0 Å². The van der Waals surface area contributed by atoms with Crippen molar-refractivity contribution < 1.29 is 26.7 Å². The molecule has 2 aromatic rings. The number of ether oxygens (including phenoxy) is 1. The number of carbonyl (C=O) groups is 1. The van der Waals surface area contributed by atoms with Gasteiger partial charge in [0.2, 0.25) is 10.0 Å². The lowest BCUT2D eigenvalue weighted by Gasteiger charge is -2.36. The minimum Gasteiger partial charge on any atom is -0.381 e. The molecule has 32 heavy (non-hydrogen) atoms. The molecular formula is C22H27F2N3O4S. The van der Waals surface area contributed by atoms with E-state index in [0.29, 0.717) is 18.5 Å². The van der Waals surface area contributed by atoms with Crippen LogP contribution in [0.4, 0.5) is 8.78 Å². The van der Waals surface area contributed by atoms with Crippen molar-refractivity contribution >= 4 is 15.9 Å². The molecule has 0 bridgehead atoms. The number of hydrogen-bond donors (Lipinski definition) is 0. The Balaban J connectivity index is 1.72. The number of nitrogens with zero attached hydrogens (tertiary/aromatic N) is 3. The fourth-order valence-corrected chi connectivity index (χ4v) is 6.42. The molecule has 4 rings (SSSR count). The number of aryl methyl sites for hydroxylation is 1. The molecule has 174 valence electrons. The molecule has 1 aromatic heterocycles. The Morgan fingerprint density at radius 1 is 1.25 bits per heavy atom. The van der Waals surface area contributed by atoms with Crippen LogP contribution >= 0.6 is 0 Å². The normalized spacial score (nSPS) is 23.2. The average Bonchev–Trinajstić information content (AvgIpc) is 3.19. The summed E-state index contributed by atoms with van der Waals surface area (Å²) < 4.78 is 63.3. The lowest BCUT2D eigenvalue weighted by molar-refractivity contribution is 0.0345. The van der Waals surface area contributed by atoms with Gasteiger partial charge in [-0.25, -0.2) is 21.9 Å². The van der Waals surface area contributed by atoms with Crippen LogP contribution in [-0.2, 0) is 26.7 Å². The Morgan fingerprint density at radius 3 is 2.59 bits per heavy atom. The summed E-state index contributed by atoms with van der Waals surface area (Å²) in [6.45, 7) is 3.73. The molecule has 2 saturated heterocycles. The summed E-state index contributed by atoms with van der Waals surface area (Å²) in [6, 6.07) is 3.46. The van der Waals surface area contributed by atoms with Gasteiger partial charge in [0, 0.05) is 43.1 Å². The van der Waals surface area contributed by atoms with E-state index in [4.69, 9.17) is 4.74 Å². The Hall–Kier alpha value is -2.17. The number of hydrogen-bond acceptors (Lipinski definition) is 5. The molecule has 0 saturated carbocycles. The number of halogens is 2. The Labute approximate surface area is 186 Å². The molecule has 7 nitrogen and oxygen atoms in total. The van der Waals surface area contributed by atoms with E-state index in [1.54, 1.807) is 19.9 Å². The molecule has 2 fully saturated rings. The highest BCUT2D eigenvalue weighted by atomic mass is 32.2. The number of benzene rings is 1. The summed E-state index contributed by atoms with van der Waals surface area (Å²) >= 11 is 0. The third-order valence-electron chi connectivity index (χ3n) is 6.54. The fraction of sp³-hybridized carbons (Fsp3) is 0.545. The monoisotopic (exact) mass is 467 g/mol. The van der Waals surface area contributed by atoms with Crippen molar-refractivity contribution in [3.05, 3.63) is 52.9 Å². The number of aromatic nitrogens is 2. The van der Waals surface area contributed by atoms with Crippen LogP contribution in [0.3, 0.4) is 0 Å². The lowest BCUT2D eigenvalue weighted by Crippen LogP contribution is -2.45. The molecule has 1 aromatic carbocycles. The van der Waals surface area contributed by atoms with Crippen LogP contribution in [0.1, 0.15) is 54.2 Å². The van der Waals surface area contributed by atoms with Gasteiger partial charge < -0.3 is 4.74 Å². The van der Waals surface area contributed by atoms with E-state index in [0.717, 1.165) is 12.1 Å². The van der Waals surface area contributed by atoms with Gasteiger partial charge in [-0.15, -0.1) is 0 Å². The molecule has 0 radical (unpaired) electrons. The lowest BCUT2D eigenvalue weighted by atomic mass is 9.72. The average molecular weight is 468 g/mol. The largest absolute Gasteiger partial charge is 0.381 e. The summed E-state index contributed by atoms with van der Waals surface area (Å²) in [7, 11) is -3.53. The Morgan fingerprint density at radius 2 is 1.97 bits per heavy atom. The minimum atomic E-state index is -3.53. The summed E-state index contributed by atoms with van der Waals surface area (Å²) in [6.07, 6.45) is 3.12. The van der Waals surface area contributed by atoms with Gasteiger partial charge in [0.05, 0.1) is 16.9 Å². The third-order valence-corrected chi connectivity index (χ3v) is 8.55. The highest BCUT2D eigenvalue weighted by Gasteiger charge is 2.45. The van der Waals surface area contributed by atoms with Crippen LogP contribution in [0, 0.1) is 18.6 Å². The first-order valence-electron chi connectivity index (χ1n) is 10.8. The van der Waals surface area contributed by atoms with Gasteiger partial charge in [-0.3, -0.25) is 4.79 Å². The summed E-state index contributed by atoms with van der Waals surface area (Å²) in [5.41, 5.74) is -0.771. The molecule has 0 amide bonds. The van der Waals surface area contributed by atoms with Crippen molar-refractivity contribution in [3.63, 3.8) is 0 Å². The topological polar surface area (TPSA) is 81.5 Å². The Bertz CT molecular complexity index is 1130. The molecule has 0 spiro atoms. The first-order chi connectivity index (χ1) is 15.1. The number of rotatable bonds is 4. The molecule has 2 aliphatic rings. The second kappa shape index (κ2) is 8.64. The van der Waals surface area contributed by atoms with Crippen molar-refractivity contribution in [2.24, 2.45) is 0 Å². The molecule has 0 unspecified atom stereocenters. The molecule has 1 atom stereocenters. The van der Waals surface area contributed by atoms with Crippen molar-refractivity contribution in [1.82, 2.24) is 14.1 Å². The van der Waals surface area contributed by atoms with Gasteiger partial charge in [-0.05, 0) is 57.7 Å². The van der Waals surface area contributed by atoms with Gasteiger partial charge in [-0.1, -0.05) is 0 Å². The zero-order valence-corrected chi connectivity index (χ0v) is 19.0. The van der Waals surface area contributed by atoms with Gasteiger partial charge >= 0.3 is 0 Å². The maximum atomic E-state index is 15.4. The van der Waals surface area contributed by atoms with E-state index in [-0.39, 0.29) is 55.5 Å². The zero-order chi connectivity index (χ0) is 23.1. The molecular weight excluding hydrogens is 440 g/mol. The van der Waals surface area contributed by atoms with E-state index < -0.39 is 33.0 Å². The van der Waals surface area contributed by atoms with E-state index in [9.17, 15) is 13.2 Å². The van der Waals surface area contributed by atoms with Gasteiger partial charge in [0.25, 0.3) is 5.91 Å². The minimum absolute atomic E-state index is 0.000421. The van der Waals surface area contributed by atoms with Crippen molar-refractivity contribution in [3.8, 4) is 0 Å². The maximum absolute atomic E-state index is 15.4. The van der Waals surface area contributed by atoms with Crippen LogP contribution in [0.25, 0.3) is 0 Å². The first-order valence-corrected chi connectivity index (χ1v) is 12.4. The highest BCUT2D eigenvalue weighted by molar-refractivity contribution is 7.89. The molecule has 0 aliphatic carbocycles. The summed E-state index contributed by atoms with van der Waals surface area (Å²) in [4.78, 5) is 13.4. The second-order valence-electron chi connectivity index (χ2n) is 8.68. The third kappa shape index (κ3) is 4.11. The summed E-state index contributed by atoms with van der Waals surface area (Å²) in [5.74, 6) is -1.90. The van der Waals surface area contributed by atoms with Gasteiger partial charge in [0.1, 0.15) is 11.6 Å². The van der Waals surface area contributed by atoms with E-state index in [2.05, 4.69) is 5.10 Å². The molecule has 2 aliphatic heterocycles. The standard InChI is InChI=1S/C22H27F2N3O4S/c1-15-5-8-26(25-15)21(28)22(6-9-31-10-7-22)18-13-19(23)17(12-20(18)24)14-27-16(2)4-3-11-32(27,29)30/h5,8,12-13,16H,3-4,6-7,9-11,14H2,1-2H3/t16-/m0/s1. The van der Waals surface area contributed by atoms with Crippen molar-refractivity contribution in [1.29, 1.82) is 0 Å². The van der Waals surface area contributed by atoms with Crippen LogP contribution in [0.15, 0.2) is 24.4 Å². The highest BCUT2D eigenvalue weighted by Crippen LogP contribution is 2.39. The van der Waals surface area contributed by atoms with E-state index in [1.165, 1.54) is 15.2 Å². The first kappa shape index (κ1) is 23.0. The predicted octanol–water partition coefficient (Wildman–Crippen LogP) is 3.17. The number of carbonyl (C=O) groups excluding carboxylic acids is 1. The summed E-state index contributed by atoms with van der Waals surface area (Å²) in [5, 5.41) is 4.16. The van der Waals surface area contributed by atoms with Crippen LogP contribution in [0.2, 0.25) is 0 Å². The fourth-order valence-electron chi connectivity index (χ4n) is 4.66. The van der Waals surface area contributed by atoms with Gasteiger partial charge in [-0.2, -0.15) is 9.40 Å². The van der Waals surface area contributed by atoms with Crippen LogP contribution in [-0.4, -0.2) is 53.4 Å². The maximum Gasteiger partial charge on any atom is 0.257 e. The molecule has 10 heteroatoms. The van der Waals surface area contributed by atoms with Crippen LogP contribution < -0.4 is 0 Å². The van der Waals surface area contributed by atoms with E-state index in [1.807, 2.05) is 0 Å². The second-order valence-corrected chi connectivity index (χ2v) is 10.7. The number of sulfonamides is 1. The predicted molar refractivity (Wildman–Crippen MR) is 114 cm³/mol.